The van der Waals surface area contributed by atoms with E-state index in [1.165, 1.54) is 0 Å². The van der Waals surface area contributed by atoms with E-state index >= 15 is 0 Å². The first-order chi connectivity index (χ1) is 13.5. The Kier molecular flexibility index (Phi) is 6.16. The van der Waals surface area contributed by atoms with Gasteiger partial charge in [0.25, 0.3) is 0 Å². The summed E-state index contributed by atoms with van der Waals surface area (Å²) in [5.41, 5.74) is 4.02. The molecule has 0 aliphatic rings. The number of carbonyl (C=O) groups is 2. The highest BCUT2D eigenvalue weighted by atomic mass is 35.5. The highest BCUT2D eigenvalue weighted by Crippen LogP contribution is 2.25. The van der Waals surface area contributed by atoms with E-state index in [1.54, 1.807) is 18.2 Å². The van der Waals surface area contributed by atoms with Crippen molar-refractivity contribution in [2.75, 3.05) is 5.32 Å². The summed E-state index contributed by atoms with van der Waals surface area (Å²) in [6, 6.07) is 18.8. The predicted molar refractivity (Wildman–Crippen MR) is 108 cm³/mol. The van der Waals surface area contributed by atoms with Gasteiger partial charge in [-0.05, 0) is 55.2 Å². The van der Waals surface area contributed by atoms with E-state index in [1.807, 2.05) is 54.0 Å². The molecule has 1 amide bonds. The molecule has 1 aromatic heterocycles. The Morgan fingerprint density at radius 3 is 2.50 bits per heavy atom. The molecular weight excluding hydrogens is 376 g/mol. The predicted octanol–water partition coefficient (Wildman–Crippen LogP) is 3.44. The molecule has 0 saturated heterocycles. The molecule has 0 spiro atoms. The van der Waals surface area contributed by atoms with Gasteiger partial charge in [-0.3, -0.25) is 4.79 Å². The topological polar surface area (TPSA) is 74.2 Å². The maximum atomic E-state index is 12.7. The summed E-state index contributed by atoms with van der Waals surface area (Å²) in [6.45, 7) is 1.90. The number of hydrogen-bond donors (Lipinski definition) is 1. The van der Waals surface area contributed by atoms with Crippen molar-refractivity contribution in [3.05, 3.63) is 76.9 Å². The van der Waals surface area contributed by atoms with E-state index in [0.29, 0.717) is 17.1 Å². The third-order valence-electron chi connectivity index (χ3n) is 4.57. The molecule has 0 atom stereocenters. The highest BCUT2D eigenvalue weighted by molar-refractivity contribution is 6.31. The van der Waals surface area contributed by atoms with Gasteiger partial charge in [0, 0.05) is 28.1 Å². The zero-order chi connectivity index (χ0) is 20.1. The molecule has 5 nitrogen and oxygen atoms in total. The second-order valence-corrected chi connectivity index (χ2v) is 6.90. The Morgan fingerprint density at radius 2 is 1.79 bits per heavy atom. The molecule has 3 rings (SSSR count). The number of nitrogens with one attached hydrogen (secondary N) is 1. The quantitative estimate of drug-likeness (QED) is 0.666. The van der Waals surface area contributed by atoms with Gasteiger partial charge in [-0.25, -0.2) is 0 Å². The number of aliphatic carboxylic acids is 1. The summed E-state index contributed by atoms with van der Waals surface area (Å²) in [7, 11) is 0. The van der Waals surface area contributed by atoms with Crippen LogP contribution in [-0.2, 0) is 22.6 Å². The monoisotopic (exact) mass is 395 g/mol. The second kappa shape index (κ2) is 8.76. The molecule has 1 N–H and O–H groups in total. The van der Waals surface area contributed by atoms with Crippen molar-refractivity contribution in [2.45, 2.75) is 26.3 Å². The van der Waals surface area contributed by atoms with Gasteiger partial charge in [0.05, 0.1) is 0 Å². The molecular formula is C22H20ClN2O3-. The van der Waals surface area contributed by atoms with Crippen LogP contribution in [0.5, 0.6) is 0 Å². The average molecular weight is 396 g/mol. The summed E-state index contributed by atoms with van der Waals surface area (Å²) in [5, 5.41) is 14.4. The zero-order valence-corrected chi connectivity index (χ0v) is 16.2. The van der Waals surface area contributed by atoms with E-state index in [9.17, 15) is 14.7 Å². The normalized spacial score (nSPS) is 10.6. The van der Waals surface area contributed by atoms with Crippen molar-refractivity contribution >= 4 is 29.2 Å². The minimum Gasteiger partial charge on any atom is -0.550 e. The van der Waals surface area contributed by atoms with Crippen molar-refractivity contribution in [2.24, 2.45) is 0 Å². The van der Waals surface area contributed by atoms with Gasteiger partial charge in [-0.2, -0.15) is 0 Å². The van der Waals surface area contributed by atoms with Gasteiger partial charge in [0.2, 0.25) is 5.91 Å². The Labute approximate surface area is 168 Å². The number of hydrogen-bond acceptors (Lipinski definition) is 3. The van der Waals surface area contributed by atoms with Crippen molar-refractivity contribution in [3.63, 3.8) is 0 Å². The van der Waals surface area contributed by atoms with Crippen molar-refractivity contribution in [1.82, 2.24) is 4.57 Å². The lowest BCUT2D eigenvalue weighted by Crippen LogP contribution is -2.24. The lowest BCUT2D eigenvalue weighted by molar-refractivity contribution is -0.305. The Morgan fingerprint density at radius 1 is 1.04 bits per heavy atom. The molecule has 0 fully saturated rings. The molecule has 0 bridgehead atoms. The molecule has 6 heteroatoms. The van der Waals surface area contributed by atoms with E-state index < -0.39 is 5.97 Å². The number of carboxylic acid groups (broad SMARTS) is 1. The summed E-state index contributed by atoms with van der Waals surface area (Å²) in [4.78, 5) is 23.6. The number of benzene rings is 2. The van der Waals surface area contributed by atoms with Gasteiger partial charge in [0.15, 0.2) is 0 Å². The number of carboxylic acids is 1. The Balaban J connectivity index is 1.87. The molecule has 2 aromatic carbocycles. The zero-order valence-electron chi connectivity index (χ0n) is 15.4. The third kappa shape index (κ3) is 4.61. The lowest BCUT2D eigenvalue weighted by Gasteiger charge is -2.15. The highest BCUT2D eigenvalue weighted by Gasteiger charge is 2.14. The van der Waals surface area contributed by atoms with Crippen molar-refractivity contribution in [3.8, 4) is 11.3 Å². The van der Waals surface area contributed by atoms with Crippen LogP contribution < -0.4 is 10.4 Å². The van der Waals surface area contributed by atoms with Gasteiger partial charge in [-0.1, -0.05) is 48.0 Å². The van der Waals surface area contributed by atoms with Gasteiger partial charge in [0.1, 0.15) is 6.54 Å². The van der Waals surface area contributed by atoms with Crippen LogP contribution in [0.2, 0.25) is 5.02 Å². The van der Waals surface area contributed by atoms with Crippen LogP contribution in [0.15, 0.2) is 60.7 Å². The van der Waals surface area contributed by atoms with Crippen LogP contribution in [0.4, 0.5) is 5.69 Å². The largest absolute Gasteiger partial charge is 0.550 e. The number of carbonyl (C=O) groups excluding carboxylic acids is 2. The van der Waals surface area contributed by atoms with E-state index in [2.05, 4.69) is 5.32 Å². The Hall–Kier alpha value is -3.05. The van der Waals surface area contributed by atoms with Gasteiger partial charge in [-0.15, -0.1) is 0 Å². The van der Waals surface area contributed by atoms with Gasteiger partial charge >= 0.3 is 0 Å². The number of rotatable bonds is 7. The number of aryl methyl sites for hydroxylation is 1. The SMILES string of the molecule is Cc1c(Cl)cccc1NC(=O)Cn1c(CCC(=O)[O-])ccc1-c1ccccc1. The molecule has 1 heterocycles. The fourth-order valence-electron chi connectivity index (χ4n) is 3.08. The van der Waals surface area contributed by atoms with Crippen LogP contribution in [0.25, 0.3) is 11.3 Å². The summed E-state index contributed by atoms with van der Waals surface area (Å²) < 4.78 is 1.84. The summed E-state index contributed by atoms with van der Waals surface area (Å²) in [6.07, 6.45) is 0.186. The first-order valence-electron chi connectivity index (χ1n) is 8.94. The lowest BCUT2D eigenvalue weighted by atomic mass is 10.1. The Bertz CT molecular complexity index is 996. The standard InChI is InChI=1S/C22H21ClN2O3/c1-15-18(23)8-5-9-19(15)24-21(26)14-25-17(11-13-22(27)28)10-12-20(25)16-6-3-2-4-7-16/h2-10,12H,11,13-14H2,1H3,(H,24,26)(H,27,28)/p-1. The number of aromatic nitrogens is 1. The summed E-state index contributed by atoms with van der Waals surface area (Å²) >= 11 is 6.12. The second-order valence-electron chi connectivity index (χ2n) is 6.49. The van der Waals surface area contributed by atoms with Crippen LogP contribution in [-0.4, -0.2) is 16.4 Å². The van der Waals surface area contributed by atoms with E-state index in [0.717, 1.165) is 22.5 Å². The fraction of sp³-hybridized carbons (Fsp3) is 0.182. The maximum Gasteiger partial charge on any atom is 0.244 e. The number of amides is 1. The van der Waals surface area contributed by atoms with Crippen LogP contribution in [0.3, 0.4) is 0 Å². The van der Waals surface area contributed by atoms with E-state index in [-0.39, 0.29) is 18.9 Å². The molecule has 28 heavy (non-hydrogen) atoms. The molecule has 3 aromatic rings. The number of anilines is 1. The molecule has 144 valence electrons. The number of halogens is 1. The van der Waals surface area contributed by atoms with Crippen molar-refractivity contribution < 1.29 is 14.7 Å². The van der Waals surface area contributed by atoms with Crippen molar-refractivity contribution in [1.29, 1.82) is 0 Å². The third-order valence-corrected chi connectivity index (χ3v) is 4.98. The molecule has 0 saturated carbocycles. The molecule has 0 aliphatic heterocycles. The number of nitrogens with zero attached hydrogens (tertiary/aromatic N) is 1. The van der Waals surface area contributed by atoms with Crippen LogP contribution >= 0.6 is 11.6 Å². The fourth-order valence-corrected chi connectivity index (χ4v) is 3.26. The van der Waals surface area contributed by atoms with Crippen LogP contribution in [0.1, 0.15) is 17.7 Å². The maximum absolute atomic E-state index is 12.7. The smallest absolute Gasteiger partial charge is 0.244 e. The average Bonchev–Trinajstić information content (AvgIpc) is 3.07. The summed E-state index contributed by atoms with van der Waals surface area (Å²) in [5.74, 6) is -1.33. The first kappa shape index (κ1) is 19.7. The van der Waals surface area contributed by atoms with Gasteiger partial charge < -0.3 is 19.8 Å². The molecule has 0 aliphatic carbocycles. The minimum atomic E-state index is -1.12. The van der Waals surface area contributed by atoms with Crippen LogP contribution in [0, 0.1) is 6.92 Å². The first-order valence-corrected chi connectivity index (χ1v) is 9.32. The molecule has 0 radical (unpaired) electrons. The molecule has 0 unspecified atom stereocenters. The minimum absolute atomic E-state index is 0.0611. The van der Waals surface area contributed by atoms with E-state index in [4.69, 9.17) is 11.6 Å².